The Kier molecular flexibility index (Phi) is 5.08. The van der Waals surface area contributed by atoms with Gasteiger partial charge in [0.15, 0.2) is 0 Å². The molecule has 1 saturated carbocycles. The quantitative estimate of drug-likeness (QED) is 0.830. The van der Waals surface area contributed by atoms with E-state index in [1.807, 2.05) is 0 Å². The zero-order chi connectivity index (χ0) is 13.0. The van der Waals surface area contributed by atoms with Gasteiger partial charge in [-0.25, -0.2) is 0 Å². The van der Waals surface area contributed by atoms with E-state index in [0.29, 0.717) is 5.41 Å². The molecule has 18 heavy (non-hydrogen) atoms. The van der Waals surface area contributed by atoms with Gasteiger partial charge in [0.2, 0.25) is 0 Å². The molecule has 2 fully saturated rings. The minimum absolute atomic E-state index is 0.524. The summed E-state index contributed by atoms with van der Waals surface area (Å²) in [5.41, 5.74) is 0.524. The Bertz CT molecular complexity index is 230. The Labute approximate surface area is 114 Å². The van der Waals surface area contributed by atoms with Crippen LogP contribution in [0.4, 0.5) is 0 Å². The Hall–Kier alpha value is -0.0800. The number of nitrogens with one attached hydrogen (secondary N) is 1. The van der Waals surface area contributed by atoms with Crippen molar-refractivity contribution in [2.45, 2.75) is 52.9 Å². The van der Waals surface area contributed by atoms with Gasteiger partial charge in [-0.2, -0.15) is 0 Å². The molecular weight excluding hydrogens is 220 g/mol. The van der Waals surface area contributed by atoms with Gasteiger partial charge in [-0.1, -0.05) is 33.6 Å². The van der Waals surface area contributed by atoms with E-state index in [1.54, 1.807) is 0 Å². The van der Waals surface area contributed by atoms with E-state index in [2.05, 4.69) is 31.0 Å². The SMILES string of the molecule is CC(C)(C)CC1CCC(CN2CCNCC2)CC1. The van der Waals surface area contributed by atoms with Crippen LogP contribution in [0.5, 0.6) is 0 Å². The highest BCUT2D eigenvalue weighted by atomic mass is 15.2. The van der Waals surface area contributed by atoms with Crippen LogP contribution in [-0.2, 0) is 0 Å². The van der Waals surface area contributed by atoms with Crippen molar-refractivity contribution < 1.29 is 0 Å². The summed E-state index contributed by atoms with van der Waals surface area (Å²) >= 11 is 0. The van der Waals surface area contributed by atoms with Crippen LogP contribution in [0, 0.1) is 17.3 Å². The lowest BCUT2D eigenvalue weighted by Gasteiger charge is -2.36. The number of piperazine rings is 1. The van der Waals surface area contributed by atoms with Gasteiger partial charge in [0, 0.05) is 32.7 Å². The lowest BCUT2D eigenvalue weighted by atomic mass is 9.74. The van der Waals surface area contributed by atoms with Crippen molar-refractivity contribution >= 4 is 0 Å². The summed E-state index contributed by atoms with van der Waals surface area (Å²) in [6.07, 6.45) is 7.34. The van der Waals surface area contributed by atoms with Gasteiger partial charge in [0.25, 0.3) is 0 Å². The first-order chi connectivity index (χ1) is 8.53. The smallest absolute Gasteiger partial charge is 0.0107 e. The van der Waals surface area contributed by atoms with Crippen molar-refractivity contribution in [2.75, 3.05) is 32.7 Å². The van der Waals surface area contributed by atoms with Crippen molar-refractivity contribution in [1.82, 2.24) is 10.2 Å². The topological polar surface area (TPSA) is 15.3 Å². The second-order valence-electron chi connectivity index (χ2n) is 7.70. The summed E-state index contributed by atoms with van der Waals surface area (Å²) in [6.45, 7) is 13.5. The maximum absolute atomic E-state index is 3.44. The molecule has 0 bridgehead atoms. The van der Waals surface area contributed by atoms with Gasteiger partial charge in [-0.3, -0.25) is 0 Å². The van der Waals surface area contributed by atoms with Crippen LogP contribution in [0.3, 0.4) is 0 Å². The molecule has 0 amide bonds. The third-order valence-electron chi connectivity index (χ3n) is 4.59. The van der Waals surface area contributed by atoms with Crippen molar-refractivity contribution in [1.29, 1.82) is 0 Å². The Balaban J connectivity index is 1.66. The zero-order valence-electron chi connectivity index (χ0n) is 12.7. The summed E-state index contributed by atoms with van der Waals surface area (Å²) in [4.78, 5) is 2.67. The molecule has 2 heteroatoms. The van der Waals surface area contributed by atoms with Crippen LogP contribution in [-0.4, -0.2) is 37.6 Å². The second-order valence-corrected chi connectivity index (χ2v) is 7.70. The summed E-state index contributed by atoms with van der Waals surface area (Å²) in [5.74, 6) is 1.99. The van der Waals surface area contributed by atoms with Gasteiger partial charge in [0.1, 0.15) is 0 Å². The molecule has 2 rings (SSSR count). The minimum Gasteiger partial charge on any atom is -0.314 e. The van der Waals surface area contributed by atoms with E-state index in [0.717, 1.165) is 11.8 Å². The minimum atomic E-state index is 0.524. The number of hydrogen-bond acceptors (Lipinski definition) is 2. The Morgan fingerprint density at radius 3 is 2.06 bits per heavy atom. The molecule has 1 heterocycles. The summed E-state index contributed by atoms with van der Waals surface area (Å²) in [6, 6.07) is 0. The molecule has 0 aromatic heterocycles. The fourth-order valence-corrected chi connectivity index (χ4v) is 3.74. The largest absolute Gasteiger partial charge is 0.314 e. The van der Waals surface area contributed by atoms with Crippen LogP contribution in [0.25, 0.3) is 0 Å². The van der Waals surface area contributed by atoms with E-state index in [-0.39, 0.29) is 0 Å². The lowest BCUT2D eigenvalue weighted by molar-refractivity contribution is 0.149. The molecule has 2 aliphatic rings. The molecule has 0 radical (unpaired) electrons. The van der Waals surface area contributed by atoms with Crippen LogP contribution >= 0.6 is 0 Å². The normalized spacial score (nSPS) is 31.5. The maximum atomic E-state index is 3.44. The van der Waals surface area contributed by atoms with Gasteiger partial charge < -0.3 is 10.2 Å². The molecule has 106 valence electrons. The van der Waals surface area contributed by atoms with E-state index < -0.39 is 0 Å². The van der Waals surface area contributed by atoms with Gasteiger partial charge in [-0.05, 0) is 36.5 Å². The molecule has 0 spiro atoms. The first kappa shape index (κ1) is 14.3. The number of hydrogen-bond donors (Lipinski definition) is 1. The molecule has 0 aromatic rings. The van der Waals surface area contributed by atoms with E-state index in [4.69, 9.17) is 0 Å². The second kappa shape index (κ2) is 6.38. The third-order valence-corrected chi connectivity index (χ3v) is 4.59. The number of nitrogens with zero attached hydrogens (tertiary/aromatic N) is 1. The van der Waals surface area contributed by atoms with E-state index in [1.165, 1.54) is 64.8 Å². The summed E-state index contributed by atoms with van der Waals surface area (Å²) in [7, 11) is 0. The van der Waals surface area contributed by atoms with Crippen LogP contribution in [0.2, 0.25) is 0 Å². The molecule has 2 nitrogen and oxygen atoms in total. The van der Waals surface area contributed by atoms with Crippen LogP contribution < -0.4 is 5.32 Å². The highest BCUT2D eigenvalue weighted by Gasteiger charge is 2.26. The molecular formula is C16H32N2. The molecule has 0 aromatic carbocycles. The molecule has 1 saturated heterocycles. The van der Waals surface area contributed by atoms with E-state index >= 15 is 0 Å². The molecule has 0 atom stereocenters. The monoisotopic (exact) mass is 252 g/mol. The van der Waals surface area contributed by atoms with Crippen molar-refractivity contribution in [3.8, 4) is 0 Å². The summed E-state index contributed by atoms with van der Waals surface area (Å²) in [5, 5.41) is 3.44. The van der Waals surface area contributed by atoms with Crippen molar-refractivity contribution in [3.05, 3.63) is 0 Å². The van der Waals surface area contributed by atoms with Crippen LogP contribution in [0.1, 0.15) is 52.9 Å². The third kappa shape index (κ3) is 4.89. The average Bonchev–Trinajstić information content (AvgIpc) is 2.31. The van der Waals surface area contributed by atoms with Gasteiger partial charge in [-0.15, -0.1) is 0 Å². The average molecular weight is 252 g/mol. The van der Waals surface area contributed by atoms with Crippen molar-refractivity contribution in [3.63, 3.8) is 0 Å². The lowest BCUT2D eigenvalue weighted by Crippen LogP contribution is -2.45. The highest BCUT2D eigenvalue weighted by molar-refractivity contribution is 4.79. The maximum Gasteiger partial charge on any atom is 0.0107 e. The summed E-state index contributed by atoms with van der Waals surface area (Å²) < 4.78 is 0. The van der Waals surface area contributed by atoms with Crippen molar-refractivity contribution in [2.24, 2.45) is 17.3 Å². The van der Waals surface area contributed by atoms with Crippen LogP contribution in [0.15, 0.2) is 0 Å². The molecule has 1 aliphatic carbocycles. The first-order valence-corrected chi connectivity index (χ1v) is 7.96. The fourth-order valence-electron chi connectivity index (χ4n) is 3.74. The Morgan fingerprint density at radius 1 is 0.944 bits per heavy atom. The van der Waals surface area contributed by atoms with Gasteiger partial charge in [0.05, 0.1) is 0 Å². The number of rotatable bonds is 3. The van der Waals surface area contributed by atoms with E-state index in [9.17, 15) is 0 Å². The predicted molar refractivity (Wildman–Crippen MR) is 78.8 cm³/mol. The fraction of sp³-hybridized carbons (Fsp3) is 1.00. The molecule has 1 N–H and O–H groups in total. The Morgan fingerprint density at radius 2 is 1.50 bits per heavy atom. The molecule has 1 aliphatic heterocycles. The highest BCUT2D eigenvalue weighted by Crippen LogP contribution is 2.36. The predicted octanol–water partition coefficient (Wildman–Crippen LogP) is 3.13. The van der Waals surface area contributed by atoms with Gasteiger partial charge >= 0.3 is 0 Å². The zero-order valence-corrected chi connectivity index (χ0v) is 12.7. The first-order valence-electron chi connectivity index (χ1n) is 7.96. The molecule has 0 unspecified atom stereocenters. The standard InChI is InChI=1S/C16H32N2/c1-16(2,3)12-14-4-6-15(7-5-14)13-18-10-8-17-9-11-18/h14-15,17H,4-13H2,1-3H3.